The van der Waals surface area contributed by atoms with Gasteiger partial charge in [-0.1, -0.05) is 23.7 Å². The van der Waals surface area contributed by atoms with Crippen LogP contribution in [0.2, 0.25) is 5.02 Å². The van der Waals surface area contributed by atoms with Gasteiger partial charge in [0.2, 0.25) is 0 Å². The molecule has 1 unspecified atom stereocenters. The largest absolute Gasteiger partial charge is 0.472 e. The molecule has 1 N–H and O–H groups in total. The minimum absolute atomic E-state index is 0.442. The molecule has 0 saturated heterocycles. The summed E-state index contributed by atoms with van der Waals surface area (Å²) in [7, 11) is 0. The van der Waals surface area contributed by atoms with Crippen molar-refractivity contribution >= 4 is 11.6 Å². The van der Waals surface area contributed by atoms with Crippen LogP contribution in [0.3, 0.4) is 0 Å². The summed E-state index contributed by atoms with van der Waals surface area (Å²) in [6.07, 6.45) is 7.17. The first kappa shape index (κ1) is 12.8. The molecule has 0 bridgehead atoms. The zero-order valence-corrected chi connectivity index (χ0v) is 11.6. The standard InChI is InChI=1S/C16H18ClNO/c17-15-3-1-2-13(9-15)14(10-18-16-4-5-16)8-12-6-7-19-11-12/h1-3,6-7,9,11,14,16,18H,4-5,8,10H2. The summed E-state index contributed by atoms with van der Waals surface area (Å²) in [6.45, 7) is 0.996. The first-order chi connectivity index (χ1) is 9.31. The highest BCUT2D eigenvalue weighted by Crippen LogP contribution is 2.25. The molecule has 19 heavy (non-hydrogen) atoms. The maximum absolute atomic E-state index is 6.11. The number of rotatable bonds is 6. The summed E-state index contributed by atoms with van der Waals surface area (Å²) >= 11 is 6.11. The highest BCUT2D eigenvalue weighted by molar-refractivity contribution is 6.30. The predicted molar refractivity (Wildman–Crippen MR) is 77.6 cm³/mol. The third-order valence-corrected chi connectivity index (χ3v) is 3.85. The second kappa shape index (κ2) is 5.81. The van der Waals surface area contributed by atoms with Gasteiger partial charge in [-0.3, -0.25) is 0 Å². The molecule has 3 rings (SSSR count). The van der Waals surface area contributed by atoms with Crippen molar-refractivity contribution in [2.45, 2.75) is 31.2 Å². The molecular formula is C16H18ClNO. The van der Waals surface area contributed by atoms with E-state index in [-0.39, 0.29) is 0 Å². The lowest BCUT2D eigenvalue weighted by Crippen LogP contribution is -2.24. The highest BCUT2D eigenvalue weighted by Gasteiger charge is 2.22. The van der Waals surface area contributed by atoms with Gasteiger partial charge in [0.15, 0.2) is 0 Å². The molecule has 1 heterocycles. The van der Waals surface area contributed by atoms with Crippen LogP contribution >= 0.6 is 11.6 Å². The van der Waals surface area contributed by atoms with Crippen molar-refractivity contribution < 1.29 is 4.42 Å². The van der Waals surface area contributed by atoms with Crippen molar-refractivity contribution in [1.29, 1.82) is 0 Å². The van der Waals surface area contributed by atoms with Crippen LogP contribution in [0.5, 0.6) is 0 Å². The molecule has 1 atom stereocenters. The lowest BCUT2D eigenvalue weighted by molar-refractivity contribution is 0.551. The van der Waals surface area contributed by atoms with Gasteiger partial charge in [-0.15, -0.1) is 0 Å². The molecule has 1 saturated carbocycles. The van der Waals surface area contributed by atoms with Gasteiger partial charge in [0, 0.05) is 23.5 Å². The van der Waals surface area contributed by atoms with Crippen LogP contribution in [0.25, 0.3) is 0 Å². The van der Waals surface area contributed by atoms with E-state index in [9.17, 15) is 0 Å². The molecule has 1 aromatic heterocycles. The Hall–Kier alpha value is -1.25. The Morgan fingerprint density at radius 2 is 2.21 bits per heavy atom. The summed E-state index contributed by atoms with van der Waals surface area (Å²) in [6, 6.07) is 10.9. The maximum Gasteiger partial charge on any atom is 0.0934 e. The number of benzene rings is 1. The van der Waals surface area contributed by atoms with Crippen LogP contribution in [0, 0.1) is 0 Å². The van der Waals surface area contributed by atoms with E-state index in [0.717, 1.165) is 24.0 Å². The molecule has 1 aliphatic carbocycles. The van der Waals surface area contributed by atoms with E-state index >= 15 is 0 Å². The molecule has 0 spiro atoms. The minimum atomic E-state index is 0.442. The molecular weight excluding hydrogens is 258 g/mol. The van der Waals surface area contributed by atoms with E-state index in [1.54, 1.807) is 6.26 Å². The lowest BCUT2D eigenvalue weighted by Gasteiger charge is -2.17. The summed E-state index contributed by atoms with van der Waals surface area (Å²) in [4.78, 5) is 0. The average Bonchev–Trinajstić information content (AvgIpc) is 3.10. The topological polar surface area (TPSA) is 25.2 Å². The highest BCUT2D eigenvalue weighted by atomic mass is 35.5. The molecule has 2 nitrogen and oxygen atoms in total. The molecule has 1 aromatic carbocycles. The minimum Gasteiger partial charge on any atom is -0.472 e. The van der Waals surface area contributed by atoms with Crippen LogP contribution in [0.4, 0.5) is 0 Å². The van der Waals surface area contributed by atoms with Crippen LogP contribution in [0.15, 0.2) is 47.3 Å². The van der Waals surface area contributed by atoms with Gasteiger partial charge < -0.3 is 9.73 Å². The van der Waals surface area contributed by atoms with E-state index in [0.29, 0.717) is 5.92 Å². The zero-order valence-electron chi connectivity index (χ0n) is 10.8. The number of hydrogen-bond donors (Lipinski definition) is 1. The third kappa shape index (κ3) is 3.62. The van der Waals surface area contributed by atoms with Crippen molar-refractivity contribution in [2.24, 2.45) is 0 Å². The van der Waals surface area contributed by atoms with E-state index in [1.165, 1.54) is 24.0 Å². The Morgan fingerprint density at radius 1 is 1.32 bits per heavy atom. The second-order valence-electron chi connectivity index (χ2n) is 5.27. The molecule has 0 aliphatic heterocycles. The van der Waals surface area contributed by atoms with Crippen molar-refractivity contribution in [3.63, 3.8) is 0 Å². The van der Waals surface area contributed by atoms with Crippen molar-refractivity contribution in [3.8, 4) is 0 Å². The smallest absolute Gasteiger partial charge is 0.0934 e. The normalized spacial score (nSPS) is 16.5. The third-order valence-electron chi connectivity index (χ3n) is 3.61. The van der Waals surface area contributed by atoms with Gasteiger partial charge in [-0.05, 0) is 48.6 Å². The fourth-order valence-corrected chi connectivity index (χ4v) is 2.56. The molecule has 1 fully saturated rings. The monoisotopic (exact) mass is 275 g/mol. The Labute approximate surface area is 118 Å². The maximum atomic E-state index is 6.11. The van der Waals surface area contributed by atoms with Gasteiger partial charge in [0.1, 0.15) is 0 Å². The molecule has 100 valence electrons. The van der Waals surface area contributed by atoms with E-state index < -0.39 is 0 Å². The quantitative estimate of drug-likeness (QED) is 0.862. The summed E-state index contributed by atoms with van der Waals surface area (Å²) < 4.78 is 5.17. The number of nitrogens with one attached hydrogen (secondary N) is 1. The molecule has 3 heteroatoms. The Balaban J connectivity index is 1.73. The summed E-state index contributed by atoms with van der Waals surface area (Å²) in [5, 5.41) is 4.42. The Bertz CT molecular complexity index is 519. The summed E-state index contributed by atoms with van der Waals surface area (Å²) in [5.74, 6) is 0.442. The summed E-state index contributed by atoms with van der Waals surface area (Å²) in [5.41, 5.74) is 2.53. The number of halogens is 1. The first-order valence-electron chi connectivity index (χ1n) is 6.81. The van der Waals surface area contributed by atoms with Crippen molar-refractivity contribution in [1.82, 2.24) is 5.32 Å². The van der Waals surface area contributed by atoms with Gasteiger partial charge in [0.05, 0.1) is 12.5 Å². The Morgan fingerprint density at radius 3 is 2.89 bits per heavy atom. The molecule has 1 aliphatic rings. The fourth-order valence-electron chi connectivity index (χ4n) is 2.36. The van der Waals surface area contributed by atoms with Crippen molar-refractivity contribution in [3.05, 3.63) is 59.0 Å². The molecule has 0 amide bonds. The SMILES string of the molecule is Clc1cccc(C(CNC2CC2)Cc2ccoc2)c1. The number of furan rings is 1. The predicted octanol–water partition coefficient (Wildman–Crippen LogP) is 4.01. The van der Waals surface area contributed by atoms with Gasteiger partial charge in [-0.25, -0.2) is 0 Å². The van der Waals surface area contributed by atoms with E-state index in [4.69, 9.17) is 16.0 Å². The second-order valence-corrected chi connectivity index (χ2v) is 5.71. The average molecular weight is 276 g/mol. The van der Waals surface area contributed by atoms with Crippen molar-refractivity contribution in [2.75, 3.05) is 6.54 Å². The van der Waals surface area contributed by atoms with Gasteiger partial charge >= 0.3 is 0 Å². The van der Waals surface area contributed by atoms with Crippen LogP contribution in [-0.4, -0.2) is 12.6 Å². The Kier molecular flexibility index (Phi) is 3.90. The zero-order chi connectivity index (χ0) is 13.1. The van der Waals surface area contributed by atoms with Crippen LogP contribution < -0.4 is 5.32 Å². The van der Waals surface area contributed by atoms with E-state index in [2.05, 4.69) is 17.4 Å². The molecule has 0 radical (unpaired) electrons. The number of hydrogen-bond acceptors (Lipinski definition) is 2. The van der Waals surface area contributed by atoms with Gasteiger partial charge in [-0.2, -0.15) is 0 Å². The van der Waals surface area contributed by atoms with E-state index in [1.807, 2.05) is 24.5 Å². The van der Waals surface area contributed by atoms with Gasteiger partial charge in [0.25, 0.3) is 0 Å². The van der Waals surface area contributed by atoms with Crippen LogP contribution in [-0.2, 0) is 6.42 Å². The first-order valence-corrected chi connectivity index (χ1v) is 7.19. The molecule has 2 aromatic rings. The fraction of sp³-hybridized carbons (Fsp3) is 0.375. The van der Waals surface area contributed by atoms with Crippen LogP contribution in [0.1, 0.15) is 29.9 Å². The lowest BCUT2D eigenvalue weighted by atomic mass is 9.93.